The minimum Gasteiger partial charge on any atom is -0.481 e. The first-order chi connectivity index (χ1) is 16.9. The van der Waals surface area contributed by atoms with Crippen LogP contribution in [0.4, 0.5) is 10.5 Å². The van der Waals surface area contributed by atoms with E-state index in [9.17, 15) is 14.4 Å². The summed E-state index contributed by atoms with van der Waals surface area (Å²) in [7, 11) is 0. The monoisotopic (exact) mass is 472 g/mol. The number of ether oxygens (including phenoxy) is 1. The van der Waals surface area contributed by atoms with E-state index in [2.05, 4.69) is 34.9 Å². The van der Waals surface area contributed by atoms with Crippen molar-refractivity contribution >= 4 is 23.7 Å². The van der Waals surface area contributed by atoms with Crippen molar-refractivity contribution in [1.29, 1.82) is 0 Å². The quantitative estimate of drug-likeness (QED) is 0.408. The molecule has 180 valence electrons. The van der Waals surface area contributed by atoms with E-state index in [-0.39, 0.29) is 31.3 Å². The lowest BCUT2D eigenvalue weighted by Crippen LogP contribution is -2.34. The highest BCUT2D eigenvalue weighted by Gasteiger charge is 2.29. The van der Waals surface area contributed by atoms with Gasteiger partial charge in [0.2, 0.25) is 5.91 Å². The second-order valence-corrected chi connectivity index (χ2v) is 8.67. The molecule has 3 aromatic carbocycles. The molecule has 0 heterocycles. The Morgan fingerprint density at radius 2 is 1.51 bits per heavy atom. The maximum absolute atomic E-state index is 12.7. The van der Waals surface area contributed by atoms with Crippen molar-refractivity contribution in [2.75, 3.05) is 11.9 Å². The highest BCUT2D eigenvalue weighted by atomic mass is 16.5. The van der Waals surface area contributed by atoms with E-state index < -0.39 is 18.1 Å². The van der Waals surface area contributed by atoms with Gasteiger partial charge in [0.05, 0.1) is 6.42 Å². The van der Waals surface area contributed by atoms with Crippen molar-refractivity contribution in [1.82, 2.24) is 5.32 Å². The van der Waals surface area contributed by atoms with Crippen LogP contribution in [-0.2, 0) is 20.7 Å². The number of rotatable bonds is 9. The molecule has 7 nitrogen and oxygen atoms in total. The molecular formula is C28H28N2O5. The predicted octanol–water partition coefficient (Wildman–Crippen LogP) is 4.96. The Morgan fingerprint density at radius 3 is 2.17 bits per heavy atom. The van der Waals surface area contributed by atoms with Gasteiger partial charge in [0.1, 0.15) is 6.61 Å². The van der Waals surface area contributed by atoms with Crippen molar-refractivity contribution in [3.05, 3.63) is 89.5 Å². The Morgan fingerprint density at radius 1 is 0.914 bits per heavy atom. The van der Waals surface area contributed by atoms with Gasteiger partial charge in [0.15, 0.2) is 0 Å². The van der Waals surface area contributed by atoms with Gasteiger partial charge < -0.3 is 15.2 Å². The number of hydrogen-bond acceptors (Lipinski definition) is 4. The van der Waals surface area contributed by atoms with Crippen LogP contribution >= 0.6 is 0 Å². The number of para-hydroxylation sites is 1. The molecule has 4 rings (SSSR count). The molecule has 1 aliphatic carbocycles. The third kappa shape index (κ3) is 5.87. The summed E-state index contributed by atoms with van der Waals surface area (Å²) >= 11 is 0. The highest BCUT2D eigenvalue weighted by molar-refractivity contribution is 5.86. The maximum Gasteiger partial charge on any atom is 0.411 e. The van der Waals surface area contributed by atoms with Crippen LogP contribution in [0, 0.1) is 0 Å². The zero-order chi connectivity index (χ0) is 24.8. The van der Waals surface area contributed by atoms with Crippen molar-refractivity contribution in [3.8, 4) is 11.1 Å². The number of carboxylic acid groups (broad SMARTS) is 1. The molecule has 0 saturated carbocycles. The van der Waals surface area contributed by atoms with Gasteiger partial charge in [-0.2, -0.15) is 0 Å². The van der Waals surface area contributed by atoms with E-state index in [1.165, 1.54) is 11.1 Å². The number of amides is 2. The number of benzene rings is 3. The lowest BCUT2D eigenvalue weighted by Gasteiger charge is -2.16. The lowest BCUT2D eigenvalue weighted by atomic mass is 9.98. The fraction of sp³-hybridized carbons (Fsp3) is 0.250. The number of aliphatic carboxylic acids is 1. The summed E-state index contributed by atoms with van der Waals surface area (Å²) in [6.07, 6.45) is -0.122. The second-order valence-electron chi connectivity index (χ2n) is 8.67. The summed E-state index contributed by atoms with van der Waals surface area (Å²) in [5.74, 6) is -1.23. The Bertz CT molecular complexity index is 1190. The second kappa shape index (κ2) is 10.9. The molecule has 0 bridgehead atoms. The Kier molecular flexibility index (Phi) is 7.45. The number of carbonyl (C=O) groups excluding carboxylic acids is 2. The van der Waals surface area contributed by atoms with Crippen LogP contribution < -0.4 is 10.6 Å². The molecular weight excluding hydrogens is 444 g/mol. The minimum atomic E-state index is -0.963. The normalized spacial score (nSPS) is 12.8. The van der Waals surface area contributed by atoms with E-state index in [1.54, 1.807) is 19.1 Å². The number of hydrogen-bond donors (Lipinski definition) is 3. The lowest BCUT2D eigenvalue weighted by molar-refractivity contribution is -0.137. The van der Waals surface area contributed by atoms with Crippen LogP contribution in [0.15, 0.2) is 72.8 Å². The van der Waals surface area contributed by atoms with Crippen molar-refractivity contribution in [2.45, 2.75) is 38.1 Å². The maximum atomic E-state index is 12.7. The van der Waals surface area contributed by atoms with Gasteiger partial charge in [-0.3, -0.25) is 14.9 Å². The SMILES string of the molecule is CC(CC(=O)O)NC(=O)CCc1ccccc1NC(=O)OCC1c2ccccc2-c2ccccc21. The van der Waals surface area contributed by atoms with Gasteiger partial charge in [-0.25, -0.2) is 4.79 Å². The molecule has 0 radical (unpaired) electrons. The van der Waals surface area contributed by atoms with E-state index in [0.717, 1.165) is 16.7 Å². The zero-order valence-corrected chi connectivity index (χ0v) is 19.5. The number of aryl methyl sites for hydroxylation is 1. The molecule has 2 amide bonds. The summed E-state index contributed by atoms with van der Waals surface area (Å²) in [6, 6.07) is 23.1. The summed E-state index contributed by atoms with van der Waals surface area (Å²) in [5.41, 5.74) is 5.99. The molecule has 3 N–H and O–H groups in total. The van der Waals surface area contributed by atoms with Crippen LogP contribution in [0.3, 0.4) is 0 Å². The zero-order valence-electron chi connectivity index (χ0n) is 19.5. The Labute approximate surface area is 204 Å². The number of fused-ring (bicyclic) bond motifs is 3. The molecule has 0 aromatic heterocycles. The van der Waals surface area contributed by atoms with Crippen molar-refractivity contribution in [2.24, 2.45) is 0 Å². The number of anilines is 1. The average molecular weight is 473 g/mol. The topological polar surface area (TPSA) is 105 Å². The van der Waals surface area contributed by atoms with Gasteiger partial charge in [-0.15, -0.1) is 0 Å². The van der Waals surface area contributed by atoms with E-state index >= 15 is 0 Å². The van der Waals surface area contributed by atoms with Crippen molar-refractivity contribution in [3.63, 3.8) is 0 Å². The molecule has 1 aliphatic rings. The summed E-state index contributed by atoms with van der Waals surface area (Å²) < 4.78 is 5.63. The minimum absolute atomic E-state index is 0.0279. The van der Waals surface area contributed by atoms with Crippen LogP contribution in [0.25, 0.3) is 11.1 Å². The predicted molar refractivity (Wildman–Crippen MR) is 133 cm³/mol. The summed E-state index contributed by atoms with van der Waals surface area (Å²) in [6.45, 7) is 1.87. The molecule has 3 aromatic rings. The van der Waals surface area contributed by atoms with Gasteiger partial charge in [0.25, 0.3) is 0 Å². The van der Waals surface area contributed by atoms with Crippen LogP contribution in [0.1, 0.15) is 42.4 Å². The molecule has 0 saturated heterocycles. The van der Waals surface area contributed by atoms with E-state index in [0.29, 0.717) is 12.1 Å². The van der Waals surface area contributed by atoms with E-state index in [4.69, 9.17) is 9.84 Å². The van der Waals surface area contributed by atoms with E-state index in [1.807, 2.05) is 36.4 Å². The highest BCUT2D eigenvalue weighted by Crippen LogP contribution is 2.44. The summed E-state index contributed by atoms with van der Waals surface area (Å²) in [5, 5.41) is 14.3. The van der Waals surface area contributed by atoms with Gasteiger partial charge in [0, 0.05) is 24.1 Å². The molecule has 0 spiro atoms. The fourth-order valence-corrected chi connectivity index (χ4v) is 4.51. The number of carboxylic acids is 1. The Balaban J connectivity index is 1.35. The van der Waals surface area contributed by atoms with Gasteiger partial charge in [-0.05, 0) is 47.2 Å². The molecule has 1 unspecified atom stereocenters. The molecule has 0 fully saturated rings. The molecule has 35 heavy (non-hydrogen) atoms. The first kappa shape index (κ1) is 24.0. The number of carbonyl (C=O) groups is 3. The van der Waals surface area contributed by atoms with Gasteiger partial charge >= 0.3 is 12.1 Å². The largest absolute Gasteiger partial charge is 0.481 e. The van der Waals surface area contributed by atoms with Crippen LogP contribution in [0.5, 0.6) is 0 Å². The fourth-order valence-electron chi connectivity index (χ4n) is 4.51. The average Bonchev–Trinajstić information content (AvgIpc) is 3.15. The molecule has 1 atom stereocenters. The number of nitrogens with one attached hydrogen (secondary N) is 2. The smallest absolute Gasteiger partial charge is 0.411 e. The standard InChI is InChI=1S/C28H28N2O5/c1-18(16-27(32)33)29-26(31)15-14-19-8-2-7-13-25(19)30-28(34)35-17-24-22-11-5-3-9-20(22)21-10-4-6-12-23(21)24/h2-13,18,24H,14-17H2,1H3,(H,29,31)(H,30,34)(H,32,33). The third-order valence-electron chi connectivity index (χ3n) is 6.11. The summed E-state index contributed by atoms with van der Waals surface area (Å²) in [4.78, 5) is 35.6. The van der Waals surface area contributed by atoms with Crippen LogP contribution in [0.2, 0.25) is 0 Å². The molecule has 0 aliphatic heterocycles. The first-order valence-corrected chi connectivity index (χ1v) is 11.6. The Hall–Kier alpha value is -4.13. The molecule has 7 heteroatoms. The third-order valence-corrected chi connectivity index (χ3v) is 6.11. The van der Waals surface area contributed by atoms with Crippen LogP contribution in [-0.4, -0.2) is 35.7 Å². The van der Waals surface area contributed by atoms with Crippen molar-refractivity contribution < 1.29 is 24.2 Å². The van der Waals surface area contributed by atoms with Gasteiger partial charge in [-0.1, -0.05) is 66.7 Å². The first-order valence-electron chi connectivity index (χ1n) is 11.6.